The molecule has 0 amide bonds. The lowest BCUT2D eigenvalue weighted by Gasteiger charge is -2.05. The molecule has 0 aliphatic rings. The summed E-state index contributed by atoms with van der Waals surface area (Å²) in [7, 11) is 0. The van der Waals surface area contributed by atoms with E-state index in [4.69, 9.17) is 17.3 Å². The summed E-state index contributed by atoms with van der Waals surface area (Å²) in [6, 6.07) is 11.7. The summed E-state index contributed by atoms with van der Waals surface area (Å²) in [6.07, 6.45) is 0. The summed E-state index contributed by atoms with van der Waals surface area (Å²) >= 11 is 6.07. The topological polar surface area (TPSA) is 43.3 Å². The molecule has 0 aliphatic heterocycles. The maximum absolute atomic E-state index is 6.25. The second-order valence-electron chi connectivity index (χ2n) is 4.67. The van der Waals surface area contributed by atoms with Crippen molar-refractivity contribution in [2.45, 2.75) is 13.8 Å². The fourth-order valence-electron chi connectivity index (χ4n) is 2.33. The molecular weight excluding hydrogens is 258 g/mol. The van der Waals surface area contributed by atoms with Crippen molar-refractivity contribution in [3.05, 3.63) is 52.7 Å². The Hall–Kier alpha value is -2.00. The third-order valence-corrected chi connectivity index (χ3v) is 3.56. The first kappa shape index (κ1) is 12.1. The Balaban J connectivity index is 2.34. The van der Waals surface area contributed by atoms with E-state index in [0.717, 1.165) is 28.2 Å². The van der Waals surface area contributed by atoms with Gasteiger partial charge in [0.05, 0.1) is 0 Å². The summed E-state index contributed by atoms with van der Waals surface area (Å²) in [5.74, 6) is 0.651. The standard InChI is InChI=1S/C15H14ClN3/c1-9-6-7-11(16)8-12(9)14-15(17)19-10(2)4-3-5-13(19)18-14/h3-8H,17H2,1-2H3. The Morgan fingerprint density at radius 2 is 1.95 bits per heavy atom. The van der Waals surface area contributed by atoms with Gasteiger partial charge in [-0.1, -0.05) is 23.7 Å². The molecule has 0 bridgehead atoms. The Kier molecular flexibility index (Phi) is 2.72. The van der Waals surface area contributed by atoms with Crippen LogP contribution in [0.25, 0.3) is 16.9 Å². The molecule has 0 unspecified atom stereocenters. The predicted molar refractivity (Wildman–Crippen MR) is 79.5 cm³/mol. The van der Waals surface area contributed by atoms with Crippen LogP contribution in [0.3, 0.4) is 0 Å². The molecular formula is C15H14ClN3. The number of rotatable bonds is 1. The van der Waals surface area contributed by atoms with Crippen molar-refractivity contribution < 1.29 is 0 Å². The number of aryl methyl sites for hydroxylation is 2. The highest BCUT2D eigenvalue weighted by atomic mass is 35.5. The number of pyridine rings is 1. The van der Waals surface area contributed by atoms with E-state index in [1.54, 1.807) is 0 Å². The smallest absolute Gasteiger partial charge is 0.139 e. The van der Waals surface area contributed by atoms with Gasteiger partial charge in [0.25, 0.3) is 0 Å². The number of imidazole rings is 1. The Morgan fingerprint density at radius 1 is 1.16 bits per heavy atom. The van der Waals surface area contributed by atoms with Gasteiger partial charge in [-0.2, -0.15) is 0 Å². The van der Waals surface area contributed by atoms with Gasteiger partial charge in [-0.05, 0) is 43.7 Å². The van der Waals surface area contributed by atoms with Crippen molar-refractivity contribution in [1.29, 1.82) is 0 Å². The van der Waals surface area contributed by atoms with E-state index >= 15 is 0 Å². The van der Waals surface area contributed by atoms with Crippen LogP contribution < -0.4 is 5.73 Å². The SMILES string of the molecule is Cc1ccc(Cl)cc1-c1nc2cccc(C)n2c1N. The molecule has 3 rings (SSSR count). The molecule has 3 nitrogen and oxygen atoms in total. The Labute approximate surface area is 116 Å². The van der Waals surface area contributed by atoms with Gasteiger partial charge in [0.1, 0.15) is 17.2 Å². The van der Waals surface area contributed by atoms with Crippen LogP contribution in [0, 0.1) is 13.8 Å². The van der Waals surface area contributed by atoms with Crippen molar-refractivity contribution in [2.75, 3.05) is 5.73 Å². The fraction of sp³-hybridized carbons (Fsp3) is 0.133. The van der Waals surface area contributed by atoms with Gasteiger partial charge in [-0.25, -0.2) is 4.98 Å². The van der Waals surface area contributed by atoms with Crippen molar-refractivity contribution in [3.8, 4) is 11.3 Å². The van der Waals surface area contributed by atoms with Crippen LogP contribution in [-0.2, 0) is 0 Å². The van der Waals surface area contributed by atoms with Crippen molar-refractivity contribution in [2.24, 2.45) is 0 Å². The molecule has 3 aromatic rings. The number of fused-ring (bicyclic) bond motifs is 1. The zero-order valence-electron chi connectivity index (χ0n) is 10.8. The molecule has 0 aliphatic carbocycles. The summed E-state index contributed by atoms with van der Waals surface area (Å²) in [6.45, 7) is 4.04. The van der Waals surface area contributed by atoms with Crippen LogP contribution in [0.1, 0.15) is 11.3 Å². The number of hydrogen-bond donors (Lipinski definition) is 1. The number of aromatic nitrogens is 2. The van der Waals surface area contributed by atoms with E-state index in [2.05, 4.69) is 4.98 Å². The average molecular weight is 272 g/mol. The number of nitrogens with two attached hydrogens (primary N) is 1. The molecule has 0 spiro atoms. The van der Waals surface area contributed by atoms with Crippen LogP contribution >= 0.6 is 11.6 Å². The molecule has 0 radical (unpaired) electrons. The largest absolute Gasteiger partial charge is 0.383 e. The van der Waals surface area contributed by atoms with E-state index in [-0.39, 0.29) is 0 Å². The third kappa shape index (κ3) is 1.87. The highest BCUT2D eigenvalue weighted by molar-refractivity contribution is 6.30. The molecule has 0 saturated heterocycles. The van der Waals surface area contributed by atoms with E-state index in [1.165, 1.54) is 0 Å². The van der Waals surface area contributed by atoms with E-state index < -0.39 is 0 Å². The van der Waals surface area contributed by atoms with E-state index in [9.17, 15) is 0 Å². The molecule has 4 heteroatoms. The molecule has 2 heterocycles. The van der Waals surface area contributed by atoms with Gasteiger partial charge >= 0.3 is 0 Å². The average Bonchev–Trinajstić information content (AvgIpc) is 2.71. The first-order valence-corrected chi connectivity index (χ1v) is 6.46. The quantitative estimate of drug-likeness (QED) is 0.730. The number of halogens is 1. The first-order valence-electron chi connectivity index (χ1n) is 6.08. The van der Waals surface area contributed by atoms with Crippen LogP contribution in [0.5, 0.6) is 0 Å². The van der Waals surface area contributed by atoms with Gasteiger partial charge in [0.2, 0.25) is 0 Å². The van der Waals surface area contributed by atoms with Crippen LogP contribution in [0.4, 0.5) is 5.82 Å². The van der Waals surface area contributed by atoms with Gasteiger partial charge in [0.15, 0.2) is 0 Å². The number of nitrogens with zero attached hydrogens (tertiary/aromatic N) is 2. The van der Waals surface area contributed by atoms with E-state index in [1.807, 2.05) is 54.6 Å². The van der Waals surface area contributed by atoms with Crippen LogP contribution in [0.15, 0.2) is 36.4 Å². The van der Waals surface area contributed by atoms with Gasteiger partial charge in [-0.15, -0.1) is 0 Å². The Morgan fingerprint density at radius 3 is 2.68 bits per heavy atom. The molecule has 0 atom stereocenters. The molecule has 0 saturated carbocycles. The van der Waals surface area contributed by atoms with Crippen LogP contribution in [0.2, 0.25) is 5.02 Å². The normalized spacial score (nSPS) is 11.1. The third-order valence-electron chi connectivity index (χ3n) is 3.33. The lowest BCUT2D eigenvalue weighted by Crippen LogP contribution is -1.97. The van der Waals surface area contributed by atoms with Crippen LogP contribution in [-0.4, -0.2) is 9.38 Å². The van der Waals surface area contributed by atoms with E-state index in [0.29, 0.717) is 10.8 Å². The molecule has 1 aromatic carbocycles. The number of hydrogen-bond acceptors (Lipinski definition) is 2. The van der Waals surface area contributed by atoms with Crippen molar-refractivity contribution >= 4 is 23.1 Å². The zero-order chi connectivity index (χ0) is 13.6. The minimum absolute atomic E-state index is 0.651. The highest BCUT2D eigenvalue weighted by Gasteiger charge is 2.14. The molecule has 2 aromatic heterocycles. The highest BCUT2D eigenvalue weighted by Crippen LogP contribution is 2.31. The summed E-state index contributed by atoms with van der Waals surface area (Å²) < 4.78 is 1.95. The summed E-state index contributed by atoms with van der Waals surface area (Å²) in [5.41, 5.74) is 11.0. The predicted octanol–water partition coefficient (Wildman–Crippen LogP) is 3.85. The van der Waals surface area contributed by atoms with Gasteiger partial charge in [0, 0.05) is 16.3 Å². The maximum Gasteiger partial charge on any atom is 0.139 e. The molecule has 96 valence electrons. The number of nitrogen functional groups attached to an aromatic ring is 1. The minimum atomic E-state index is 0.651. The Bertz CT molecular complexity index is 774. The zero-order valence-corrected chi connectivity index (χ0v) is 11.6. The second-order valence-corrected chi connectivity index (χ2v) is 5.10. The lowest BCUT2D eigenvalue weighted by atomic mass is 10.1. The number of benzene rings is 1. The van der Waals surface area contributed by atoms with Crippen molar-refractivity contribution in [1.82, 2.24) is 9.38 Å². The minimum Gasteiger partial charge on any atom is -0.383 e. The first-order chi connectivity index (χ1) is 9.08. The summed E-state index contributed by atoms with van der Waals surface area (Å²) in [4.78, 5) is 4.62. The fourth-order valence-corrected chi connectivity index (χ4v) is 2.50. The van der Waals surface area contributed by atoms with Crippen molar-refractivity contribution in [3.63, 3.8) is 0 Å². The molecule has 19 heavy (non-hydrogen) atoms. The number of anilines is 1. The van der Waals surface area contributed by atoms with Gasteiger partial charge in [-0.3, -0.25) is 4.40 Å². The van der Waals surface area contributed by atoms with Gasteiger partial charge < -0.3 is 5.73 Å². The maximum atomic E-state index is 6.25. The second kappa shape index (κ2) is 4.28. The summed E-state index contributed by atoms with van der Waals surface area (Å²) in [5, 5.41) is 0.689. The molecule has 0 fully saturated rings. The lowest BCUT2D eigenvalue weighted by molar-refractivity contribution is 1.10. The molecule has 2 N–H and O–H groups in total. The monoisotopic (exact) mass is 271 g/mol.